The fourth-order valence-electron chi connectivity index (χ4n) is 3.32. The number of hydrogen-bond acceptors (Lipinski definition) is 3. The molecule has 2 amide bonds. The lowest BCUT2D eigenvalue weighted by molar-refractivity contribution is -0.136. The van der Waals surface area contributed by atoms with Crippen LogP contribution in [-0.2, 0) is 16.1 Å². The Morgan fingerprint density at radius 2 is 2.10 bits per heavy atom. The number of amides is 2. The number of nitrogens with zero attached hydrogens (tertiary/aromatic N) is 1. The van der Waals surface area contributed by atoms with Gasteiger partial charge in [0.05, 0.1) is 12.8 Å². The highest BCUT2D eigenvalue weighted by Crippen LogP contribution is 2.23. The molecule has 114 valence electrons. The van der Waals surface area contributed by atoms with Gasteiger partial charge in [-0.2, -0.15) is 0 Å². The maximum absolute atomic E-state index is 12.5. The monoisotopic (exact) mass is 290 g/mol. The molecule has 5 heteroatoms. The summed E-state index contributed by atoms with van der Waals surface area (Å²) in [7, 11) is 0. The highest BCUT2D eigenvalue weighted by atomic mass is 16.3. The molecule has 1 atom stereocenters. The Morgan fingerprint density at radius 3 is 2.81 bits per heavy atom. The smallest absolute Gasteiger partial charge is 0.243 e. The zero-order valence-corrected chi connectivity index (χ0v) is 12.2. The molecule has 2 fully saturated rings. The third-order valence-electron chi connectivity index (χ3n) is 4.49. The molecule has 1 unspecified atom stereocenters. The van der Waals surface area contributed by atoms with Gasteiger partial charge in [0.15, 0.2) is 0 Å². The summed E-state index contributed by atoms with van der Waals surface area (Å²) >= 11 is 0. The Hall–Kier alpha value is -1.78. The van der Waals surface area contributed by atoms with Crippen molar-refractivity contribution < 1.29 is 14.0 Å². The van der Waals surface area contributed by atoms with Gasteiger partial charge in [0, 0.05) is 12.5 Å². The van der Waals surface area contributed by atoms with Crippen LogP contribution in [0, 0.1) is 0 Å². The van der Waals surface area contributed by atoms with Crippen molar-refractivity contribution in [2.75, 3.05) is 0 Å². The first-order valence-electron chi connectivity index (χ1n) is 7.86. The standard InChI is InChI=1S/C16H22N2O3/c19-15-9-8-14(18(15)11-13-7-4-10-21-13)16(20)17-12-5-2-1-3-6-12/h4,7,10,12,14H,1-3,5-6,8-9,11H2,(H,17,20). The van der Waals surface area contributed by atoms with Crippen molar-refractivity contribution >= 4 is 11.8 Å². The maximum Gasteiger partial charge on any atom is 0.243 e. The first-order valence-corrected chi connectivity index (χ1v) is 7.86. The van der Waals surface area contributed by atoms with Crippen molar-refractivity contribution in [3.05, 3.63) is 24.2 Å². The number of carbonyl (C=O) groups is 2. The van der Waals surface area contributed by atoms with Gasteiger partial charge in [0.1, 0.15) is 11.8 Å². The molecule has 21 heavy (non-hydrogen) atoms. The van der Waals surface area contributed by atoms with E-state index >= 15 is 0 Å². The average Bonchev–Trinajstić information content (AvgIpc) is 3.12. The van der Waals surface area contributed by atoms with Crippen molar-refractivity contribution in [3.63, 3.8) is 0 Å². The number of hydrogen-bond donors (Lipinski definition) is 1. The number of carbonyl (C=O) groups excluding carboxylic acids is 2. The molecule has 2 heterocycles. The maximum atomic E-state index is 12.5. The molecule has 0 radical (unpaired) electrons. The van der Waals surface area contributed by atoms with Gasteiger partial charge in [-0.15, -0.1) is 0 Å². The number of likely N-dealkylation sites (tertiary alicyclic amines) is 1. The molecule has 0 aromatic carbocycles. The molecular weight excluding hydrogens is 268 g/mol. The second kappa shape index (κ2) is 6.33. The Balaban J connectivity index is 1.62. The molecule has 0 spiro atoms. The second-order valence-corrected chi connectivity index (χ2v) is 6.00. The van der Waals surface area contributed by atoms with E-state index in [9.17, 15) is 9.59 Å². The SMILES string of the molecule is O=C(NC1CCCCC1)C1CCC(=O)N1Cc1ccco1. The summed E-state index contributed by atoms with van der Waals surface area (Å²) in [5.41, 5.74) is 0. The largest absolute Gasteiger partial charge is 0.467 e. The van der Waals surface area contributed by atoms with Crippen LogP contribution in [0.5, 0.6) is 0 Å². The minimum Gasteiger partial charge on any atom is -0.467 e. The minimum absolute atomic E-state index is 0.000642. The van der Waals surface area contributed by atoms with Crippen LogP contribution in [0.4, 0.5) is 0 Å². The van der Waals surface area contributed by atoms with Gasteiger partial charge < -0.3 is 14.6 Å². The summed E-state index contributed by atoms with van der Waals surface area (Å²) in [5, 5.41) is 3.13. The van der Waals surface area contributed by atoms with E-state index in [2.05, 4.69) is 5.32 Å². The van der Waals surface area contributed by atoms with Crippen LogP contribution in [0.15, 0.2) is 22.8 Å². The van der Waals surface area contributed by atoms with Crippen LogP contribution in [-0.4, -0.2) is 28.8 Å². The summed E-state index contributed by atoms with van der Waals surface area (Å²) in [5.74, 6) is 0.759. The predicted molar refractivity (Wildman–Crippen MR) is 77.3 cm³/mol. The van der Waals surface area contributed by atoms with Crippen molar-refractivity contribution in [2.45, 2.75) is 63.6 Å². The van der Waals surface area contributed by atoms with Crippen LogP contribution < -0.4 is 5.32 Å². The van der Waals surface area contributed by atoms with E-state index in [4.69, 9.17) is 4.42 Å². The van der Waals surface area contributed by atoms with E-state index in [0.29, 0.717) is 19.4 Å². The molecule has 2 aliphatic rings. The van der Waals surface area contributed by atoms with Gasteiger partial charge in [-0.05, 0) is 31.4 Å². The highest BCUT2D eigenvalue weighted by molar-refractivity contribution is 5.91. The molecular formula is C16H22N2O3. The number of nitrogens with one attached hydrogen (secondary N) is 1. The molecule has 1 aromatic heterocycles. The third-order valence-corrected chi connectivity index (χ3v) is 4.49. The van der Waals surface area contributed by atoms with Crippen LogP contribution in [0.25, 0.3) is 0 Å². The Kier molecular flexibility index (Phi) is 4.27. The van der Waals surface area contributed by atoms with Crippen molar-refractivity contribution in [1.82, 2.24) is 10.2 Å². The zero-order valence-electron chi connectivity index (χ0n) is 12.2. The lowest BCUT2D eigenvalue weighted by atomic mass is 9.95. The number of rotatable bonds is 4. The van der Waals surface area contributed by atoms with E-state index in [0.717, 1.165) is 18.6 Å². The summed E-state index contributed by atoms with van der Waals surface area (Å²) in [4.78, 5) is 26.1. The van der Waals surface area contributed by atoms with Crippen molar-refractivity contribution in [1.29, 1.82) is 0 Å². The normalized spacial score (nSPS) is 23.5. The second-order valence-electron chi connectivity index (χ2n) is 6.00. The van der Waals surface area contributed by atoms with Crippen molar-refractivity contribution in [2.24, 2.45) is 0 Å². The summed E-state index contributed by atoms with van der Waals surface area (Å²) < 4.78 is 5.30. The molecule has 1 aromatic rings. The summed E-state index contributed by atoms with van der Waals surface area (Å²) in [6, 6.07) is 3.58. The Morgan fingerprint density at radius 1 is 1.29 bits per heavy atom. The highest BCUT2D eigenvalue weighted by Gasteiger charge is 2.37. The van der Waals surface area contributed by atoms with Gasteiger partial charge >= 0.3 is 0 Å². The third kappa shape index (κ3) is 3.28. The lowest BCUT2D eigenvalue weighted by Crippen LogP contribution is -2.48. The van der Waals surface area contributed by atoms with Gasteiger partial charge in [-0.1, -0.05) is 19.3 Å². The average molecular weight is 290 g/mol. The molecule has 1 aliphatic carbocycles. The first kappa shape index (κ1) is 14.2. The van der Waals surface area contributed by atoms with Crippen LogP contribution in [0.3, 0.4) is 0 Å². The molecule has 3 rings (SSSR count). The minimum atomic E-state index is -0.343. The van der Waals surface area contributed by atoms with Crippen LogP contribution >= 0.6 is 0 Å². The molecule has 1 saturated heterocycles. The summed E-state index contributed by atoms with van der Waals surface area (Å²) in [6.45, 7) is 0.384. The fourth-order valence-corrected chi connectivity index (χ4v) is 3.32. The predicted octanol–water partition coefficient (Wildman–Crippen LogP) is 2.22. The van der Waals surface area contributed by atoms with Gasteiger partial charge in [0.25, 0.3) is 0 Å². The van der Waals surface area contributed by atoms with E-state index in [-0.39, 0.29) is 23.9 Å². The summed E-state index contributed by atoms with van der Waals surface area (Å²) in [6.07, 6.45) is 8.40. The Bertz CT molecular complexity index is 492. The van der Waals surface area contributed by atoms with Crippen molar-refractivity contribution in [3.8, 4) is 0 Å². The molecule has 1 saturated carbocycles. The first-order chi connectivity index (χ1) is 10.2. The quantitative estimate of drug-likeness (QED) is 0.925. The van der Waals surface area contributed by atoms with E-state index < -0.39 is 0 Å². The topological polar surface area (TPSA) is 62.6 Å². The molecule has 1 N–H and O–H groups in total. The lowest BCUT2D eigenvalue weighted by Gasteiger charge is -2.27. The van der Waals surface area contributed by atoms with Crippen LogP contribution in [0.1, 0.15) is 50.7 Å². The van der Waals surface area contributed by atoms with E-state index in [1.165, 1.54) is 19.3 Å². The number of furan rings is 1. The van der Waals surface area contributed by atoms with E-state index in [1.807, 2.05) is 6.07 Å². The van der Waals surface area contributed by atoms with Crippen LogP contribution in [0.2, 0.25) is 0 Å². The fraction of sp³-hybridized carbons (Fsp3) is 0.625. The zero-order chi connectivity index (χ0) is 14.7. The Labute approximate surface area is 124 Å². The molecule has 0 bridgehead atoms. The van der Waals surface area contributed by atoms with Gasteiger partial charge in [-0.25, -0.2) is 0 Å². The molecule has 5 nitrogen and oxygen atoms in total. The molecule has 1 aliphatic heterocycles. The van der Waals surface area contributed by atoms with E-state index in [1.54, 1.807) is 17.2 Å². The van der Waals surface area contributed by atoms with Gasteiger partial charge in [-0.3, -0.25) is 9.59 Å². The van der Waals surface area contributed by atoms with Gasteiger partial charge in [0.2, 0.25) is 11.8 Å².